The van der Waals surface area contributed by atoms with E-state index in [-0.39, 0.29) is 0 Å². The molecule has 0 atom stereocenters. The molecule has 0 aromatic heterocycles. The first kappa shape index (κ1) is 15.1. The highest BCUT2D eigenvalue weighted by Gasteiger charge is 2.28. The maximum atomic E-state index is 12.1. The molecule has 0 radical (unpaired) electrons. The molecule has 1 saturated carbocycles. The minimum Gasteiger partial charge on any atom is -0.294 e. The predicted molar refractivity (Wildman–Crippen MR) is 71.9 cm³/mol. The first-order valence-electron chi connectivity index (χ1n) is 7.15. The molecule has 0 aliphatic heterocycles. The third kappa shape index (κ3) is 4.36. The van der Waals surface area contributed by atoms with Crippen LogP contribution in [0.4, 0.5) is 13.2 Å². The summed E-state index contributed by atoms with van der Waals surface area (Å²) in [7, 11) is 0. The quantitative estimate of drug-likeness (QED) is 0.689. The second-order valence-corrected chi connectivity index (χ2v) is 5.50. The summed E-state index contributed by atoms with van der Waals surface area (Å²) in [5.41, 5.74) is 1.59. The van der Waals surface area contributed by atoms with Gasteiger partial charge in [0.1, 0.15) is 0 Å². The van der Waals surface area contributed by atoms with E-state index in [0.717, 1.165) is 0 Å². The molecule has 1 aliphatic rings. The van der Waals surface area contributed by atoms with Gasteiger partial charge in [0.2, 0.25) is 0 Å². The van der Waals surface area contributed by atoms with Gasteiger partial charge in [-0.25, -0.2) is 0 Å². The van der Waals surface area contributed by atoms with Crippen molar-refractivity contribution in [3.8, 4) is 0 Å². The van der Waals surface area contributed by atoms with Gasteiger partial charge in [-0.3, -0.25) is 4.79 Å². The van der Waals surface area contributed by atoms with E-state index >= 15 is 0 Å². The van der Waals surface area contributed by atoms with Crippen molar-refractivity contribution in [2.75, 3.05) is 0 Å². The van der Waals surface area contributed by atoms with Crippen LogP contribution in [0.3, 0.4) is 0 Å². The summed E-state index contributed by atoms with van der Waals surface area (Å²) in [6.45, 7) is 0. The number of Topliss-reactive ketones (excluding diaryl/α,β-unsaturated/α-hetero) is 1. The second-order valence-electron chi connectivity index (χ2n) is 5.50. The number of carbonyl (C=O) groups is 1. The number of rotatable bonds is 4. The maximum Gasteiger partial charge on any atom is 0.389 e. The van der Waals surface area contributed by atoms with Crippen LogP contribution in [0.1, 0.15) is 66.8 Å². The Bertz CT molecular complexity index is 442. The van der Waals surface area contributed by atoms with Crippen LogP contribution in [0.15, 0.2) is 24.3 Å². The third-order valence-electron chi connectivity index (χ3n) is 3.94. The summed E-state index contributed by atoms with van der Waals surface area (Å²) in [5.74, 6) is 0.112. The van der Waals surface area contributed by atoms with E-state index in [1.165, 1.54) is 37.7 Å². The monoisotopic (exact) mass is 284 g/mol. The summed E-state index contributed by atoms with van der Waals surface area (Å²) < 4.78 is 36.3. The van der Waals surface area contributed by atoms with Gasteiger partial charge in [-0.15, -0.1) is 0 Å². The minimum atomic E-state index is -4.27. The van der Waals surface area contributed by atoms with E-state index in [0.29, 0.717) is 11.5 Å². The fourth-order valence-corrected chi connectivity index (χ4v) is 2.78. The van der Waals surface area contributed by atoms with Crippen LogP contribution >= 0.6 is 0 Å². The molecule has 2 rings (SSSR count). The molecule has 0 amide bonds. The number of carbonyl (C=O) groups excluding carboxylic acids is 1. The van der Waals surface area contributed by atoms with Gasteiger partial charge in [-0.1, -0.05) is 43.5 Å². The van der Waals surface area contributed by atoms with Gasteiger partial charge >= 0.3 is 6.18 Å². The Labute approximate surface area is 117 Å². The molecule has 1 aromatic rings. The largest absolute Gasteiger partial charge is 0.389 e. The number of ketones is 1. The van der Waals surface area contributed by atoms with Crippen molar-refractivity contribution in [2.24, 2.45) is 0 Å². The summed E-state index contributed by atoms with van der Waals surface area (Å²) in [5, 5.41) is 0. The molecule has 0 N–H and O–H groups in total. The van der Waals surface area contributed by atoms with Gasteiger partial charge < -0.3 is 0 Å². The van der Waals surface area contributed by atoms with Gasteiger partial charge in [0, 0.05) is 12.0 Å². The molecule has 0 spiro atoms. The summed E-state index contributed by atoms with van der Waals surface area (Å²) in [6.07, 6.45) is 0.307. The molecule has 1 nitrogen and oxygen atoms in total. The van der Waals surface area contributed by atoms with Crippen LogP contribution in [-0.4, -0.2) is 12.0 Å². The van der Waals surface area contributed by atoms with Crippen LogP contribution in [0.25, 0.3) is 0 Å². The lowest BCUT2D eigenvalue weighted by molar-refractivity contribution is -0.133. The smallest absolute Gasteiger partial charge is 0.294 e. The van der Waals surface area contributed by atoms with Crippen molar-refractivity contribution >= 4 is 5.78 Å². The van der Waals surface area contributed by atoms with Crippen LogP contribution in [0, 0.1) is 0 Å². The number of hydrogen-bond donors (Lipinski definition) is 0. The van der Waals surface area contributed by atoms with Gasteiger partial charge in [0.05, 0.1) is 6.42 Å². The Balaban J connectivity index is 1.95. The Hall–Kier alpha value is -1.32. The number of hydrogen-bond acceptors (Lipinski definition) is 1. The lowest BCUT2D eigenvalue weighted by Crippen LogP contribution is -2.11. The highest BCUT2D eigenvalue weighted by atomic mass is 19.4. The molecular weight excluding hydrogens is 265 g/mol. The highest BCUT2D eigenvalue weighted by Crippen LogP contribution is 2.32. The maximum absolute atomic E-state index is 12.1. The molecule has 1 aliphatic carbocycles. The van der Waals surface area contributed by atoms with E-state index in [2.05, 4.69) is 0 Å². The molecule has 0 unspecified atom stereocenters. The van der Waals surface area contributed by atoms with E-state index in [9.17, 15) is 18.0 Å². The number of alkyl halides is 3. The van der Waals surface area contributed by atoms with Crippen molar-refractivity contribution < 1.29 is 18.0 Å². The van der Waals surface area contributed by atoms with Crippen molar-refractivity contribution in [2.45, 2.75) is 57.0 Å². The zero-order valence-corrected chi connectivity index (χ0v) is 11.4. The van der Waals surface area contributed by atoms with Crippen LogP contribution in [0.5, 0.6) is 0 Å². The summed E-state index contributed by atoms with van der Waals surface area (Å²) in [6, 6.07) is 7.14. The lowest BCUT2D eigenvalue weighted by Gasteiger charge is -2.22. The molecule has 0 bridgehead atoms. The first-order valence-corrected chi connectivity index (χ1v) is 7.15. The zero-order chi connectivity index (χ0) is 14.6. The Morgan fingerprint density at radius 1 is 1.05 bits per heavy atom. The van der Waals surface area contributed by atoms with E-state index in [1.54, 1.807) is 12.1 Å². The van der Waals surface area contributed by atoms with Gasteiger partial charge in [0.25, 0.3) is 0 Å². The van der Waals surface area contributed by atoms with Crippen LogP contribution < -0.4 is 0 Å². The second kappa shape index (κ2) is 6.42. The van der Waals surface area contributed by atoms with Crippen LogP contribution in [0.2, 0.25) is 0 Å². The van der Waals surface area contributed by atoms with Gasteiger partial charge in [0.15, 0.2) is 5.78 Å². The van der Waals surface area contributed by atoms with Crippen molar-refractivity contribution in [3.05, 3.63) is 35.4 Å². The topological polar surface area (TPSA) is 17.1 Å². The van der Waals surface area contributed by atoms with Crippen LogP contribution in [-0.2, 0) is 0 Å². The van der Waals surface area contributed by atoms with E-state index in [4.69, 9.17) is 0 Å². The fourth-order valence-electron chi connectivity index (χ4n) is 2.78. The normalized spacial score (nSPS) is 17.1. The average Bonchev–Trinajstić information content (AvgIpc) is 2.45. The molecule has 4 heteroatoms. The molecule has 0 saturated heterocycles. The Kier molecular flexibility index (Phi) is 4.84. The highest BCUT2D eigenvalue weighted by molar-refractivity contribution is 5.96. The van der Waals surface area contributed by atoms with Gasteiger partial charge in [-0.2, -0.15) is 13.2 Å². The molecule has 1 fully saturated rings. The predicted octanol–water partition coefficient (Wildman–Crippen LogP) is 5.26. The fraction of sp³-hybridized carbons (Fsp3) is 0.562. The lowest BCUT2D eigenvalue weighted by atomic mass is 9.84. The summed E-state index contributed by atoms with van der Waals surface area (Å²) >= 11 is 0. The SMILES string of the molecule is O=C(CCC(F)(F)F)c1ccc(C2CCCCC2)cc1. The Morgan fingerprint density at radius 2 is 1.65 bits per heavy atom. The average molecular weight is 284 g/mol. The van der Waals surface area contributed by atoms with Crippen molar-refractivity contribution in [1.82, 2.24) is 0 Å². The molecule has 0 heterocycles. The molecule has 110 valence electrons. The zero-order valence-electron chi connectivity index (χ0n) is 11.4. The Morgan fingerprint density at radius 3 is 2.20 bits per heavy atom. The minimum absolute atomic E-state index is 0.383. The standard InChI is InChI=1S/C16H19F3O/c17-16(18,19)11-10-15(20)14-8-6-13(7-9-14)12-4-2-1-3-5-12/h6-9,12H,1-5,10-11H2. The van der Waals surface area contributed by atoms with E-state index < -0.39 is 24.8 Å². The van der Waals surface area contributed by atoms with Crippen molar-refractivity contribution in [3.63, 3.8) is 0 Å². The number of benzene rings is 1. The molecule has 1 aromatic carbocycles. The third-order valence-corrected chi connectivity index (χ3v) is 3.94. The van der Waals surface area contributed by atoms with Crippen molar-refractivity contribution in [1.29, 1.82) is 0 Å². The number of halogens is 3. The molecular formula is C16H19F3O. The molecule has 20 heavy (non-hydrogen) atoms. The first-order chi connectivity index (χ1) is 9.46. The van der Waals surface area contributed by atoms with E-state index in [1.807, 2.05) is 12.1 Å². The van der Waals surface area contributed by atoms with Gasteiger partial charge in [-0.05, 0) is 24.3 Å². The summed E-state index contributed by atoms with van der Waals surface area (Å²) in [4.78, 5) is 11.7.